The summed E-state index contributed by atoms with van der Waals surface area (Å²) in [6.45, 7) is 0. The van der Waals surface area contributed by atoms with E-state index in [0.717, 1.165) is 0 Å². The number of hydrogen-bond acceptors (Lipinski definition) is 22. The Bertz CT molecular complexity index is 4750. The van der Waals surface area contributed by atoms with Gasteiger partial charge in [0.2, 0.25) is 0 Å². The highest BCUT2D eigenvalue weighted by atomic mass is 15.1. The Morgan fingerprint density at radius 3 is 0.523 bits per heavy atom. The summed E-state index contributed by atoms with van der Waals surface area (Å²) in [6.07, 6.45) is 13.5. The Morgan fingerprint density at radius 1 is 0.170 bits per heavy atom. The topological polar surface area (TPSA) is 315 Å². The van der Waals surface area contributed by atoms with E-state index in [-0.39, 0.29) is 68.7 Å². The molecule has 0 radical (unpaired) electrons. The Labute approximate surface area is 494 Å². The molecule has 0 unspecified atom stereocenters. The zero-order valence-corrected chi connectivity index (χ0v) is 45.3. The molecule has 0 aliphatic carbocycles. The number of H-pyrrole nitrogens is 2. The summed E-state index contributed by atoms with van der Waals surface area (Å²) in [5.41, 5.74) is 10.6. The molecule has 24 heteroatoms. The van der Waals surface area contributed by atoms with E-state index in [1.807, 2.05) is 146 Å². The zero-order valence-electron chi connectivity index (χ0n) is 45.3. The van der Waals surface area contributed by atoms with Crippen LogP contribution in [0.1, 0.15) is 0 Å². The Balaban J connectivity index is 1.05. The van der Waals surface area contributed by atoms with Crippen molar-refractivity contribution in [2.24, 2.45) is 0 Å². The Hall–Kier alpha value is -13.1. The summed E-state index contributed by atoms with van der Waals surface area (Å²) in [7, 11) is 0. The van der Waals surface area contributed by atoms with E-state index in [4.69, 9.17) is 110 Å². The first-order valence-electron chi connectivity index (χ1n) is 27.4. The van der Waals surface area contributed by atoms with Crippen LogP contribution in [-0.2, 0) is 0 Å². The summed E-state index contributed by atoms with van der Waals surface area (Å²) in [5.74, 6) is 0.420. The highest BCUT2D eigenvalue weighted by Gasteiger charge is 2.32. The number of pyridine rings is 8. The first-order chi connectivity index (χ1) is 43.6. The molecule has 0 atom stereocenters. The summed E-state index contributed by atoms with van der Waals surface area (Å²) in [5, 5.41) is 0. The summed E-state index contributed by atoms with van der Waals surface area (Å²) >= 11 is 0. The standard InChI is InChI=1S/C64H34N24/c1-9-25-65-33(17-1)41-42(34-18-2-10-26-66-34)74-50-49(73-41)57-81-58(50)86-60-53-54(78-46(38-22-6-14-30-70-38)45(77-53)37-21-5-13-29-69-37)62(83-60)88-64-56-55(79-47(39-23-7-15-31-71-39)48(80-56)40-24-8-16-32-72-40)63(84-64)87-61-52-51(59(82-61)85-57)75-43(35-19-3-11-27-67-35)44(76-52)36-20-4-12-28-68-36/h1-32H,(H2,81,82,83,84,85,86,87,88). The Morgan fingerprint density at radius 2 is 0.352 bits per heavy atom. The molecule has 2 aliphatic heterocycles. The van der Waals surface area contributed by atoms with Crippen LogP contribution in [0.4, 0.5) is 0 Å². The Kier molecular flexibility index (Phi) is 11.4. The van der Waals surface area contributed by atoms with Crippen LogP contribution in [0.3, 0.4) is 0 Å². The highest BCUT2D eigenvalue weighted by molar-refractivity contribution is 6.04. The number of aromatic nitrogens is 24. The lowest BCUT2D eigenvalue weighted by molar-refractivity contribution is 1.15. The molecule has 0 saturated carbocycles. The second kappa shape index (κ2) is 20.3. The molecule has 2 N–H and O–H groups in total. The van der Waals surface area contributed by atoms with Gasteiger partial charge in [0.15, 0.2) is 45.9 Å². The summed E-state index contributed by atoms with van der Waals surface area (Å²) in [6, 6.07) is 44.5. The van der Waals surface area contributed by atoms with Gasteiger partial charge >= 0.3 is 0 Å². The van der Waals surface area contributed by atoms with E-state index < -0.39 is 0 Å². The minimum atomic E-state index is 0.105. The predicted molar refractivity (Wildman–Crippen MR) is 324 cm³/mol. The van der Waals surface area contributed by atoms with Crippen molar-refractivity contribution >= 4 is 44.7 Å². The molecule has 15 aromatic heterocycles. The SMILES string of the molecule is c1ccc(-c2nc3c(nc2-c2ccccn2)-c2nc-3nc3[nH]c(nc4nc(nc5[nH]c(n2)c2nc(-c6ccccn6)c(-c6ccccn6)nc52)-c2nc(-c5ccccn5)c(-c5ccccn5)nc2-4)c2nc(-c4ccccn4)c(-c4ccccn4)nc32)nc1. The molecular formula is C64H34N24. The van der Waals surface area contributed by atoms with Crippen LogP contribution >= 0.6 is 0 Å². The average Bonchev–Trinajstić information content (AvgIpc) is 2.07. The minimum Gasteiger partial charge on any atom is -0.321 e. The lowest BCUT2D eigenvalue weighted by atomic mass is 10.1. The van der Waals surface area contributed by atoms with Crippen molar-refractivity contribution in [3.8, 4) is 137 Å². The normalized spacial score (nSPS) is 11.6. The molecule has 0 amide bonds. The first kappa shape index (κ1) is 49.5. The minimum absolute atomic E-state index is 0.105. The lowest BCUT2D eigenvalue weighted by Crippen LogP contribution is -2.01. The molecule has 0 fully saturated rings. The van der Waals surface area contributed by atoms with Gasteiger partial charge in [0.1, 0.15) is 90.4 Å². The van der Waals surface area contributed by atoms with E-state index in [2.05, 4.69) is 9.97 Å². The third kappa shape index (κ3) is 8.47. The maximum Gasteiger partial charge on any atom is 0.184 e. The predicted octanol–water partition coefficient (Wildman–Crippen LogP) is 10.5. The van der Waals surface area contributed by atoms with E-state index in [0.29, 0.717) is 113 Å². The van der Waals surface area contributed by atoms with Gasteiger partial charge in [-0.2, -0.15) is 0 Å². The third-order valence-corrected chi connectivity index (χ3v) is 14.4. The molecule has 2 aliphatic rings. The van der Waals surface area contributed by atoms with E-state index in [1.165, 1.54) is 0 Å². The van der Waals surface area contributed by atoms with Crippen LogP contribution < -0.4 is 0 Å². The van der Waals surface area contributed by atoms with Crippen molar-refractivity contribution < 1.29 is 0 Å². The van der Waals surface area contributed by atoms with E-state index in [1.54, 1.807) is 49.6 Å². The molecule has 8 bridgehead atoms. The van der Waals surface area contributed by atoms with Gasteiger partial charge in [0, 0.05) is 49.6 Å². The van der Waals surface area contributed by atoms with Crippen molar-refractivity contribution in [1.82, 2.24) is 120 Å². The molecule has 88 heavy (non-hydrogen) atoms. The molecule has 17 heterocycles. The fraction of sp³-hybridized carbons (Fsp3) is 0. The molecule has 0 saturated heterocycles. The van der Waals surface area contributed by atoms with Crippen LogP contribution in [0.25, 0.3) is 182 Å². The monoisotopic (exact) mass is 1140 g/mol. The van der Waals surface area contributed by atoms with Gasteiger partial charge < -0.3 is 9.97 Å². The molecule has 0 aromatic carbocycles. The van der Waals surface area contributed by atoms with Gasteiger partial charge in [-0.25, -0.2) is 69.8 Å². The molecule has 15 aromatic rings. The second-order valence-electron chi connectivity index (χ2n) is 19.8. The lowest BCUT2D eigenvalue weighted by Gasteiger charge is -2.10. The van der Waals surface area contributed by atoms with Gasteiger partial charge in [-0.1, -0.05) is 48.5 Å². The van der Waals surface area contributed by atoms with Crippen LogP contribution in [0.15, 0.2) is 195 Å². The van der Waals surface area contributed by atoms with Crippen LogP contribution in [0.2, 0.25) is 0 Å². The van der Waals surface area contributed by atoms with Crippen molar-refractivity contribution in [3.05, 3.63) is 195 Å². The van der Waals surface area contributed by atoms with Gasteiger partial charge in [-0.3, -0.25) is 39.9 Å². The highest BCUT2D eigenvalue weighted by Crippen LogP contribution is 2.41. The first-order valence-corrected chi connectivity index (χ1v) is 27.4. The number of nitrogens with one attached hydrogen (secondary N) is 2. The van der Waals surface area contributed by atoms with Crippen LogP contribution in [-0.4, -0.2) is 120 Å². The third-order valence-electron chi connectivity index (χ3n) is 14.4. The number of rotatable bonds is 8. The molecule has 17 rings (SSSR count). The van der Waals surface area contributed by atoms with Crippen molar-refractivity contribution in [1.29, 1.82) is 0 Å². The maximum absolute atomic E-state index is 5.35. The largest absolute Gasteiger partial charge is 0.321 e. The van der Waals surface area contributed by atoms with Crippen LogP contribution in [0.5, 0.6) is 0 Å². The molecule has 0 spiro atoms. The molecule has 410 valence electrons. The molecule has 24 nitrogen and oxygen atoms in total. The van der Waals surface area contributed by atoms with Gasteiger partial charge in [-0.05, 0) is 97.1 Å². The summed E-state index contributed by atoms with van der Waals surface area (Å²) in [4.78, 5) is 119. The summed E-state index contributed by atoms with van der Waals surface area (Å²) < 4.78 is 0. The maximum atomic E-state index is 5.35. The van der Waals surface area contributed by atoms with Gasteiger partial charge in [0.25, 0.3) is 0 Å². The fourth-order valence-corrected chi connectivity index (χ4v) is 10.4. The number of fused-ring (bicyclic) bond motifs is 20. The van der Waals surface area contributed by atoms with Crippen molar-refractivity contribution in [2.75, 3.05) is 0 Å². The van der Waals surface area contributed by atoms with Crippen molar-refractivity contribution in [3.63, 3.8) is 0 Å². The number of hydrogen-bond donors (Lipinski definition) is 2. The van der Waals surface area contributed by atoms with Crippen molar-refractivity contribution in [2.45, 2.75) is 0 Å². The molecular weight excluding hydrogens is 1100 g/mol. The van der Waals surface area contributed by atoms with E-state index in [9.17, 15) is 0 Å². The second-order valence-corrected chi connectivity index (χ2v) is 19.8. The van der Waals surface area contributed by atoms with Gasteiger partial charge in [-0.15, -0.1) is 0 Å². The number of aromatic amines is 2. The van der Waals surface area contributed by atoms with E-state index >= 15 is 0 Å². The number of nitrogens with zero attached hydrogens (tertiary/aromatic N) is 22. The average molecular weight is 1140 g/mol. The smallest absolute Gasteiger partial charge is 0.184 e. The van der Waals surface area contributed by atoms with Crippen LogP contribution in [0, 0.1) is 0 Å². The van der Waals surface area contributed by atoms with Gasteiger partial charge in [0.05, 0.1) is 45.6 Å². The zero-order chi connectivity index (χ0) is 58.1. The quantitative estimate of drug-likeness (QED) is 0.143. The fourth-order valence-electron chi connectivity index (χ4n) is 10.4.